The van der Waals surface area contributed by atoms with E-state index in [0.29, 0.717) is 0 Å². The Bertz CT molecular complexity index is 3520. The molecule has 0 amide bonds. The van der Waals surface area contributed by atoms with Gasteiger partial charge in [-0.2, -0.15) is 0 Å². The summed E-state index contributed by atoms with van der Waals surface area (Å²) in [5.74, 6) is 0. The number of hydrogen-bond donors (Lipinski definition) is 0. The summed E-state index contributed by atoms with van der Waals surface area (Å²) in [6, 6.07) is 65.8. The first-order valence-electron chi connectivity index (χ1n) is 20.6. The smallest absolute Gasteiger partial charge is 0.657 e. The molecule has 0 aliphatic carbocycles. The van der Waals surface area contributed by atoms with Crippen LogP contribution in [0.15, 0.2) is 188 Å². The topological polar surface area (TPSA) is 58.9 Å². The van der Waals surface area contributed by atoms with Gasteiger partial charge in [0, 0.05) is 16.5 Å². The quantitative estimate of drug-likeness (QED) is 0.172. The van der Waals surface area contributed by atoms with Crippen LogP contribution in [0.3, 0.4) is 0 Å². The summed E-state index contributed by atoms with van der Waals surface area (Å²) in [7, 11) is 0. The number of hydrogen-bond acceptors (Lipinski definition) is 2. The van der Waals surface area contributed by atoms with E-state index in [4.69, 9.17) is 19.9 Å². The van der Waals surface area contributed by atoms with Crippen LogP contribution in [0.2, 0.25) is 0 Å². The third-order valence-electron chi connectivity index (χ3n) is 11.8. The van der Waals surface area contributed by atoms with E-state index in [9.17, 15) is 0 Å². The number of fused-ring (bicyclic) bond motifs is 11. The number of nitrogens with zero attached hydrogens (tertiary/aromatic N) is 5. The molecule has 0 unspecified atom stereocenters. The zero-order valence-corrected chi connectivity index (χ0v) is 35.5. The summed E-state index contributed by atoms with van der Waals surface area (Å²) in [4.78, 5) is 21.8. The van der Waals surface area contributed by atoms with E-state index in [0.717, 1.165) is 111 Å². The van der Waals surface area contributed by atoms with Gasteiger partial charge in [-0.3, -0.25) is 0 Å². The van der Waals surface area contributed by atoms with E-state index < -0.39 is 0 Å². The number of aromatic nitrogens is 5. The first-order valence-corrected chi connectivity index (χ1v) is 20.6. The van der Waals surface area contributed by atoms with Gasteiger partial charge in [0.15, 0.2) is 0 Å². The van der Waals surface area contributed by atoms with E-state index in [1.807, 2.05) is 18.2 Å². The number of para-hydroxylation sites is 2. The van der Waals surface area contributed by atoms with Crippen molar-refractivity contribution in [1.29, 1.82) is 0 Å². The van der Waals surface area contributed by atoms with Crippen LogP contribution in [0.4, 0.5) is 0 Å². The Balaban J connectivity index is 0.00000432. The number of rotatable bonds is 5. The molecule has 10 aromatic rings. The van der Waals surface area contributed by atoms with Gasteiger partial charge >= 0.3 is 21.1 Å². The maximum Gasteiger partial charge on any atom is 2.00 e. The Hall–Kier alpha value is -7.59. The van der Waals surface area contributed by atoms with Gasteiger partial charge in [0.05, 0.1) is 33.8 Å². The van der Waals surface area contributed by atoms with Crippen molar-refractivity contribution in [3.63, 3.8) is 0 Å². The molecule has 0 saturated carbocycles. The summed E-state index contributed by atoms with van der Waals surface area (Å²) in [6.07, 6.45) is 8.49. The molecule has 0 fully saturated rings. The first-order chi connectivity index (χ1) is 30.2. The zero-order valence-electron chi connectivity index (χ0n) is 33.3. The molecule has 294 valence electrons. The van der Waals surface area contributed by atoms with Crippen LogP contribution in [0.1, 0.15) is 22.8 Å². The molecule has 0 saturated heterocycles. The molecule has 0 N–H and O–H groups in total. The summed E-state index contributed by atoms with van der Waals surface area (Å²) in [5, 5.41) is 2.35. The molecular weight excluding hydrogens is 938 g/mol. The Labute approximate surface area is 372 Å². The van der Waals surface area contributed by atoms with E-state index in [-0.39, 0.29) is 21.1 Å². The SMILES string of the molecule is C1=Cc2nc1c(-c1ccccc1)c1ccc([n-]1)c(-c1ccccc1)c1nc(c(-c3ccc4c(c3)c3ccccc3n4-c3ccccc3)c3ccc([n-]3)c2-c2ccccc2)C=C1.[Pt+2]. The second kappa shape index (κ2) is 15.5. The molecule has 62 heavy (non-hydrogen) atoms. The van der Waals surface area contributed by atoms with Crippen molar-refractivity contribution in [2.45, 2.75) is 0 Å². The van der Waals surface area contributed by atoms with Gasteiger partial charge in [-0.05, 0) is 99.1 Å². The maximum atomic E-state index is 5.50. The molecule has 0 atom stereocenters. The predicted molar refractivity (Wildman–Crippen MR) is 253 cm³/mol. The van der Waals surface area contributed by atoms with Crippen LogP contribution in [0, 0.1) is 0 Å². The van der Waals surface area contributed by atoms with Gasteiger partial charge in [0.2, 0.25) is 0 Å². The standard InChI is InChI=1S/C56H35N5.Pt/c1-5-15-36(16-6-1)53-43-26-28-45(57-43)54(37-17-7-2-8-18-37)47-30-32-49(59-47)56(50-33-31-48(60-50)55(38-19-9-3-10-20-38)46-29-27-44(53)58-46)39-25-34-52-42(35-39)41-23-13-14-24-51(41)61(52)40-21-11-4-12-22-40;/h1-35H;/q-2;+2. The average molecular weight is 973 g/mol. The van der Waals surface area contributed by atoms with Crippen molar-refractivity contribution in [3.8, 4) is 50.2 Å². The van der Waals surface area contributed by atoms with Gasteiger partial charge in [0.25, 0.3) is 0 Å². The fourth-order valence-corrected chi connectivity index (χ4v) is 9.07. The fourth-order valence-electron chi connectivity index (χ4n) is 9.07. The predicted octanol–water partition coefficient (Wildman–Crippen LogP) is 13.7. The minimum atomic E-state index is 0. The van der Waals surface area contributed by atoms with Crippen LogP contribution in [0.5, 0.6) is 0 Å². The fraction of sp³-hybridized carbons (Fsp3) is 0. The molecule has 8 bridgehead atoms. The molecule has 6 heterocycles. The van der Waals surface area contributed by atoms with E-state index in [1.165, 1.54) is 5.39 Å². The number of benzene rings is 6. The monoisotopic (exact) mass is 972 g/mol. The van der Waals surface area contributed by atoms with Crippen LogP contribution in [0.25, 0.3) is 118 Å². The van der Waals surface area contributed by atoms with Crippen LogP contribution >= 0.6 is 0 Å². The molecule has 6 aromatic carbocycles. The summed E-state index contributed by atoms with van der Waals surface area (Å²) < 4.78 is 2.35. The van der Waals surface area contributed by atoms with Gasteiger partial charge in [-0.25, -0.2) is 9.97 Å². The Morgan fingerprint density at radius 2 is 0.694 bits per heavy atom. The second-order valence-electron chi connectivity index (χ2n) is 15.4. The minimum absolute atomic E-state index is 0. The Kier molecular flexibility index (Phi) is 9.33. The van der Waals surface area contributed by atoms with Crippen molar-refractivity contribution in [2.75, 3.05) is 0 Å². The van der Waals surface area contributed by atoms with Crippen molar-refractivity contribution < 1.29 is 21.1 Å². The van der Waals surface area contributed by atoms with Crippen molar-refractivity contribution in [3.05, 3.63) is 211 Å². The molecule has 2 aliphatic heterocycles. The van der Waals surface area contributed by atoms with Crippen molar-refractivity contribution >= 4 is 68.2 Å². The van der Waals surface area contributed by atoms with Gasteiger partial charge < -0.3 is 14.5 Å². The normalized spacial score (nSPS) is 11.9. The molecule has 5 nitrogen and oxygen atoms in total. The minimum Gasteiger partial charge on any atom is -0.657 e. The molecule has 4 aromatic heterocycles. The second-order valence-corrected chi connectivity index (χ2v) is 15.4. The van der Waals surface area contributed by atoms with E-state index in [2.05, 4.69) is 199 Å². The summed E-state index contributed by atoms with van der Waals surface area (Å²) >= 11 is 0. The first kappa shape index (κ1) is 37.4. The summed E-state index contributed by atoms with van der Waals surface area (Å²) in [5.41, 5.74) is 18.2. The van der Waals surface area contributed by atoms with Crippen LogP contribution < -0.4 is 9.97 Å². The maximum absolute atomic E-state index is 5.50. The molecule has 2 aliphatic rings. The summed E-state index contributed by atoms with van der Waals surface area (Å²) in [6.45, 7) is 0. The molecular formula is C56H35N5Pt. The largest absolute Gasteiger partial charge is 2.00 e. The molecule has 0 spiro atoms. The molecule has 12 rings (SSSR count). The third kappa shape index (κ3) is 6.29. The molecule has 6 heteroatoms. The zero-order chi connectivity index (χ0) is 40.3. The van der Waals surface area contributed by atoms with Crippen LogP contribution in [-0.2, 0) is 21.1 Å². The third-order valence-corrected chi connectivity index (χ3v) is 11.8. The van der Waals surface area contributed by atoms with Crippen molar-refractivity contribution in [1.82, 2.24) is 24.5 Å². The van der Waals surface area contributed by atoms with Gasteiger partial charge in [-0.1, -0.05) is 158 Å². The molecule has 0 radical (unpaired) electrons. The van der Waals surface area contributed by atoms with Gasteiger partial charge in [0.1, 0.15) is 0 Å². The van der Waals surface area contributed by atoms with Crippen LogP contribution in [-0.4, -0.2) is 14.5 Å². The van der Waals surface area contributed by atoms with Crippen molar-refractivity contribution in [2.24, 2.45) is 0 Å². The van der Waals surface area contributed by atoms with Gasteiger partial charge in [-0.15, -0.1) is 22.1 Å². The average Bonchev–Trinajstić information content (AvgIpc) is 4.19. The Morgan fingerprint density at radius 3 is 1.15 bits per heavy atom. The van der Waals surface area contributed by atoms with E-state index >= 15 is 0 Å². The van der Waals surface area contributed by atoms with E-state index in [1.54, 1.807) is 0 Å². The Morgan fingerprint density at radius 1 is 0.323 bits per heavy atom.